The number of aliphatic hydroxyl groups is 1. The molecule has 3 heteroatoms. The Morgan fingerprint density at radius 3 is 2.59 bits per heavy atom. The van der Waals surface area contributed by atoms with Crippen LogP contribution in [0.3, 0.4) is 0 Å². The number of pyridine rings is 1. The van der Waals surface area contributed by atoms with Gasteiger partial charge in [-0.1, -0.05) is 19.8 Å². The molecule has 0 radical (unpaired) electrons. The molecule has 1 N–H and O–H groups in total. The Balaban J connectivity index is 2.87. The van der Waals surface area contributed by atoms with Crippen LogP contribution >= 0.6 is 0 Å². The second-order valence-corrected chi connectivity index (χ2v) is 4.67. The highest BCUT2D eigenvalue weighted by Gasteiger charge is 2.11. The summed E-state index contributed by atoms with van der Waals surface area (Å²) >= 11 is 0. The van der Waals surface area contributed by atoms with E-state index < -0.39 is 0 Å². The summed E-state index contributed by atoms with van der Waals surface area (Å²) in [6.45, 7) is 7.29. The fourth-order valence-electron chi connectivity index (χ4n) is 2.06. The first kappa shape index (κ1) is 14.0. The zero-order chi connectivity index (χ0) is 12.8. The van der Waals surface area contributed by atoms with Crippen LogP contribution in [-0.2, 0) is 6.61 Å². The van der Waals surface area contributed by atoms with E-state index in [0.29, 0.717) is 0 Å². The Kier molecular flexibility index (Phi) is 5.42. The third-order valence-corrected chi connectivity index (χ3v) is 3.07. The molecule has 0 saturated heterocycles. The van der Waals surface area contributed by atoms with Gasteiger partial charge in [0.1, 0.15) is 5.82 Å². The van der Waals surface area contributed by atoms with Gasteiger partial charge in [-0.2, -0.15) is 0 Å². The zero-order valence-corrected chi connectivity index (χ0v) is 11.5. The summed E-state index contributed by atoms with van der Waals surface area (Å²) in [4.78, 5) is 6.70. The summed E-state index contributed by atoms with van der Waals surface area (Å²) in [5, 5.41) is 9.44. The van der Waals surface area contributed by atoms with E-state index in [4.69, 9.17) is 0 Å². The van der Waals surface area contributed by atoms with Crippen molar-refractivity contribution in [2.45, 2.75) is 46.6 Å². The summed E-state index contributed by atoms with van der Waals surface area (Å²) < 4.78 is 0. The van der Waals surface area contributed by atoms with Gasteiger partial charge in [0.05, 0.1) is 6.61 Å². The van der Waals surface area contributed by atoms with E-state index in [1.165, 1.54) is 19.3 Å². The molecule has 0 spiro atoms. The molecule has 0 atom stereocenters. The van der Waals surface area contributed by atoms with Crippen molar-refractivity contribution in [3.8, 4) is 0 Å². The predicted octanol–water partition coefficient (Wildman–Crippen LogP) is 2.82. The van der Waals surface area contributed by atoms with Crippen molar-refractivity contribution in [3.63, 3.8) is 0 Å². The Morgan fingerprint density at radius 1 is 1.29 bits per heavy atom. The van der Waals surface area contributed by atoms with Crippen molar-refractivity contribution in [2.75, 3.05) is 18.5 Å². The van der Waals surface area contributed by atoms with Gasteiger partial charge in [0.2, 0.25) is 0 Å². The van der Waals surface area contributed by atoms with Crippen LogP contribution in [0.1, 0.15) is 43.0 Å². The number of anilines is 1. The topological polar surface area (TPSA) is 36.4 Å². The number of hydrogen-bond donors (Lipinski definition) is 1. The lowest BCUT2D eigenvalue weighted by Crippen LogP contribution is -2.22. The molecule has 0 amide bonds. The molecule has 96 valence electrons. The van der Waals surface area contributed by atoms with Gasteiger partial charge in [-0.3, -0.25) is 0 Å². The average Bonchev–Trinajstić information content (AvgIpc) is 2.28. The first-order valence-electron chi connectivity index (χ1n) is 6.39. The van der Waals surface area contributed by atoms with Gasteiger partial charge < -0.3 is 10.0 Å². The van der Waals surface area contributed by atoms with Crippen LogP contribution in [0.4, 0.5) is 5.82 Å². The second kappa shape index (κ2) is 6.60. The smallest absolute Gasteiger partial charge is 0.134 e. The summed E-state index contributed by atoms with van der Waals surface area (Å²) in [7, 11) is 2.05. The van der Waals surface area contributed by atoms with Crippen LogP contribution in [0.15, 0.2) is 6.07 Å². The maximum atomic E-state index is 9.44. The Labute approximate surface area is 104 Å². The van der Waals surface area contributed by atoms with Crippen LogP contribution in [0.25, 0.3) is 0 Å². The van der Waals surface area contributed by atoms with Crippen LogP contribution in [0, 0.1) is 13.8 Å². The number of hydrogen-bond acceptors (Lipinski definition) is 3. The van der Waals surface area contributed by atoms with E-state index in [0.717, 1.165) is 29.2 Å². The highest BCUT2D eigenvalue weighted by atomic mass is 16.3. The molecule has 0 aliphatic heterocycles. The highest BCUT2D eigenvalue weighted by Crippen LogP contribution is 2.22. The number of nitrogens with zero attached hydrogens (tertiary/aromatic N) is 2. The Bertz CT molecular complexity index is 363. The van der Waals surface area contributed by atoms with Crippen molar-refractivity contribution in [1.29, 1.82) is 0 Å². The molecule has 3 nitrogen and oxygen atoms in total. The quantitative estimate of drug-likeness (QED) is 0.772. The van der Waals surface area contributed by atoms with E-state index in [1.807, 2.05) is 19.9 Å². The third-order valence-electron chi connectivity index (χ3n) is 3.07. The molecule has 0 aliphatic carbocycles. The normalized spacial score (nSPS) is 10.6. The third kappa shape index (κ3) is 3.70. The van der Waals surface area contributed by atoms with Crippen molar-refractivity contribution in [3.05, 3.63) is 22.9 Å². The Hall–Kier alpha value is -1.09. The Morgan fingerprint density at radius 2 is 2.00 bits per heavy atom. The number of aliphatic hydroxyl groups excluding tert-OH is 1. The van der Waals surface area contributed by atoms with E-state index in [-0.39, 0.29) is 6.61 Å². The van der Waals surface area contributed by atoms with Crippen molar-refractivity contribution < 1.29 is 5.11 Å². The number of unbranched alkanes of at least 4 members (excludes halogenated alkanes) is 2. The standard InChI is InChI=1S/C14H24N2O/c1-5-6-7-8-16(4)14-13(10-17)11(2)9-12(3)15-14/h9,17H,5-8,10H2,1-4H3. The fourth-order valence-corrected chi connectivity index (χ4v) is 2.06. The highest BCUT2D eigenvalue weighted by molar-refractivity contribution is 5.50. The molecular formula is C14H24N2O. The minimum absolute atomic E-state index is 0.0621. The van der Waals surface area contributed by atoms with Crippen molar-refractivity contribution in [2.24, 2.45) is 0 Å². The minimum Gasteiger partial charge on any atom is -0.392 e. The van der Waals surface area contributed by atoms with Gasteiger partial charge in [-0.25, -0.2) is 4.98 Å². The summed E-state index contributed by atoms with van der Waals surface area (Å²) in [6.07, 6.45) is 3.64. The maximum Gasteiger partial charge on any atom is 0.134 e. The van der Waals surface area contributed by atoms with Crippen LogP contribution < -0.4 is 4.90 Å². The zero-order valence-electron chi connectivity index (χ0n) is 11.5. The molecular weight excluding hydrogens is 212 g/mol. The van der Waals surface area contributed by atoms with Crippen LogP contribution in [0.2, 0.25) is 0 Å². The van der Waals surface area contributed by atoms with Gasteiger partial charge in [0, 0.05) is 24.8 Å². The maximum absolute atomic E-state index is 9.44. The first-order valence-corrected chi connectivity index (χ1v) is 6.39. The fraction of sp³-hybridized carbons (Fsp3) is 0.643. The van der Waals surface area contributed by atoms with E-state index in [2.05, 4.69) is 23.9 Å². The number of aryl methyl sites for hydroxylation is 2. The van der Waals surface area contributed by atoms with Gasteiger partial charge in [0.25, 0.3) is 0 Å². The summed E-state index contributed by atoms with van der Waals surface area (Å²) in [6, 6.07) is 2.02. The SMILES string of the molecule is CCCCCN(C)c1nc(C)cc(C)c1CO. The molecule has 1 rings (SSSR count). The number of rotatable bonds is 6. The van der Waals surface area contributed by atoms with Gasteiger partial charge in [-0.15, -0.1) is 0 Å². The lowest BCUT2D eigenvalue weighted by molar-refractivity contribution is 0.281. The molecule has 0 saturated carbocycles. The lowest BCUT2D eigenvalue weighted by atomic mass is 10.1. The number of aromatic nitrogens is 1. The summed E-state index contributed by atoms with van der Waals surface area (Å²) in [5.74, 6) is 0.932. The summed E-state index contributed by atoms with van der Waals surface area (Å²) in [5.41, 5.74) is 3.09. The molecule has 1 heterocycles. The van der Waals surface area contributed by atoms with E-state index in [1.54, 1.807) is 0 Å². The van der Waals surface area contributed by atoms with E-state index >= 15 is 0 Å². The molecule has 1 aromatic heterocycles. The van der Waals surface area contributed by atoms with Crippen molar-refractivity contribution >= 4 is 5.82 Å². The lowest BCUT2D eigenvalue weighted by Gasteiger charge is -2.22. The molecule has 1 aromatic rings. The van der Waals surface area contributed by atoms with Crippen molar-refractivity contribution in [1.82, 2.24) is 4.98 Å². The first-order chi connectivity index (χ1) is 8.10. The van der Waals surface area contributed by atoms with Gasteiger partial charge in [0.15, 0.2) is 0 Å². The molecule has 0 bridgehead atoms. The predicted molar refractivity (Wildman–Crippen MR) is 72.4 cm³/mol. The minimum atomic E-state index is 0.0621. The molecule has 0 aliphatic rings. The van der Waals surface area contributed by atoms with Gasteiger partial charge in [-0.05, 0) is 31.9 Å². The molecule has 0 unspecified atom stereocenters. The largest absolute Gasteiger partial charge is 0.392 e. The van der Waals surface area contributed by atoms with Crippen LogP contribution in [-0.4, -0.2) is 23.7 Å². The monoisotopic (exact) mass is 236 g/mol. The van der Waals surface area contributed by atoms with Crippen LogP contribution in [0.5, 0.6) is 0 Å². The average molecular weight is 236 g/mol. The second-order valence-electron chi connectivity index (χ2n) is 4.67. The molecule has 17 heavy (non-hydrogen) atoms. The van der Waals surface area contributed by atoms with Gasteiger partial charge >= 0.3 is 0 Å². The van der Waals surface area contributed by atoms with E-state index in [9.17, 15) is 5.11 Å². The molecule has 0 fully saturated rings. The molecule has 0 aromatic carbocycles.